The molecule has 7 nitrogen and oxygen atoms in total. The van der Waals surface area contributed by atoms with Gasteiger partial charge in [0.25, 0.3) is 0 Å². The van der Waals surface area contributed by atoms with Crippen LogP contribution in [0.1, 0.15) is 32.1 Å². The van der Waals surface area contributed by atoms with E-state index in [1.165, 1.54) is 32.0 Å². The quantitative estimate of drug-likeness (QED) is 0.920. The van der Waals surface area contributed by atoms with Crippen LogP contribution in [0.2, 0.25) is 0 Å². The van der Waals surface area contributed by atoms with Crippen molar-refractivity contribution in [1.29, 1.82) is 0 Å². The van der Waals surface area contributed by atoms with Crippen molar-refractivity contribution in [2.75, 3.05) is 18.4 Å². The largest absolute Gasteiger partial charge is 0.324 e. The smallest absolute Gasteiger partial charge is 0.321 e. The van der Waals surface area contributed by atoms with Crippen LogP contribution in [0.25, 0.3) is 5.82 Å². The lowest BCUT2D eigenvalue weighted by molar-refractivity contribution is 0.108. The molecule has 2 aromatic rings. The maximum absolute atomic E-state index is 12.5. The van der Waals surface area contributed by atoms with Gasteiger partial charge < -0.3 is 10.2 Å². The number of piperidine rings is 1. The zero-order valence-electron chi connectivity index (χ0n) is 13.6. The summed E-state index contributed by atoms with van der Waals surface area (Å²) in [4.78, 5) is 22.7. The number of aromatic nitrogens is 4. The lowest BCUT2D eigenvalue weighted by Crippen LogP contribution is -2.46. The SMILES string of the molecule is O=C(Nc1ccc(-n2cncn2)nc1)N1CC[C@@H]2CCCC[C@@H]2C1. The molecule has 2 atom stereocenters. The maximum Gasteiger partial charge on any atom is 0.321 e. The fraction of sp³-hybridized carbons (Fsp3) is 0.529. The van der Waals surface area contributed by atoms with Gasteiger partial charge in [0.1, 0.15) is 12.7 Å². The summed E-state index contributed by atoms with van der Waals surface area (Å²) in [6.45, 7) is 1.75. The maximum atomic E-state index is 12.5. The van der Waals surface area contributed by atoms with Crippen LogP contribution in [-0.2, 0) is 0 Å². The van der Waals surface area contributed by atoms with Crippen LogP contribution in [0.15, 0.2) is 31.0 Å². The summed E-state index contributed by atoms with van der Waals surface area (Å²) in [5.74, 6) is 2.19. The van der Waals surface area contributed by atoms with Crippen molar-refractivity contribution in [3.8, 4) is 5.82 Å². The van der Waals surface area contributed by atoms with E-state index in [-0.39, 0.29) is 6.03 Å². The molecule has 126 valence electrons. The second-order valence-electron chi connectivity index (χ2n) is 6.71. The highest BCUT2D eigenvalue weighted by atomic mass is 16.2. The number of rotatable bonds is 2. The summed E-state index contributed by atoms with van der Waals surface area (Å²) in [5.41, 5.74) is 0.703. The van der Waals surface area contributed by atoms with Crippen molar-refractivity contribution in [3.05, 3.63) is 31.0 Å². The van der Waals surface area contributed by atoms with Crippen molar-refractivity contribution in [1.82, 2.24) is 24.6 Å². The predicted octanol–water partition coefficient (Wildman–Crippen LogP) is 2.71. The predicted molar refractivity (Wildman–Crippen MR) is 89.8 cm³/mol. The standard InChI is InChI=1S/C17H22N6O/c24-17(22-8-7-13-3-1-2-4-14(13)10-22)21-15-5-6-16(19-9-15)23-12-18-11-20-23/h5-6,9,11-14H,1-4,7-8,10H2,(H,21,24)/t13-,14+/m0/s1. The van der Waals surface area contributed by atoms with Gasteiger partial charge in [0, 0.05) is 13.1 Å². The Morgan fingerprint density at radius 1 is 1.17 bits per heavy atom. The Morgan fingerprint density at radius 3 is 2.79 bits per heavy atom. The highest BCUT2D eigenvalue weighted by molar-refractivity contribution is 5.89. The highest BCUT2D eigenvalue weighted by Crippen LogP contribution is 2.36. The molecule has 2 amide bonds. The molecular weight excluding hydrogens is 304 g/mol. The average Bonchev–Trinajstić information content (AvgIpc) is 3.16. The van der Waals surface area contributed by atoms with Crippen molar-refractivity contribution >= 4 is 11.7 Å². The first kappa shape index (κ1) is 15.1. The molecule has 0 spiro atoms. The number of amides is 2. The van der Waals surface area contributed by atoms with E-state index in [1.54, 1.807) is 17.2 Å². The second-order valence-corrected chi connectivity index (χ2v) is 6.71. The number of anilines is 1. The van der Waals surface area contributed by atoms with E-state index in [1.807, 2.05) is 17.0 Å². The summed E-state index contributed by atoms with van der Waals surface area (Å²) in [7, 11) is 0. The number of nitrogens with one attached hydrogen (secondary N) is 1. The third-order valence-electron chi connectivity index (χ3n) is 5.23. The summed E-state index contributed by atoms with van der Waals surface area (Å²) >= 11 is 0. The molecule has 1 aliphatic heterocycles. The monoisotopic (exact) mass is 326 g/mol. The minimum Gasteiger partial charge on any atom is -0.324 e. The average molecular weight is 326 g/mol. The Labute approximate surface area is 141 Å². The van der Waals surface area contributed by atoms with Gasteiger partial charge in [-0.1, -0.05) is 19.3 Å². The number of nitrogens with zero attached hydrogens (tertiary/aromatic N) is 5. The van der Waals surface area contributed by atoms with Crippen LogP contribution < -0.4 is 5.32 Å². The van der Waals surface area contributed by atoms with Gasteiger partial charge in [-0.05, 0) is 36.8 Å². The van der Waals surface area contributed by atoms with E-state index in [0.29, 0.717) is 17.4 Å². The van der Waals surface area contributed by atoms with Crippen molar-refractivity contribution in [2.24, 2.45) is 11.8 Å². The van der Waals surface area contributed by atoms with Crippen LogP contribution in [0.5, 0.6) is 0 Å². The first-order valence-electron chi connectivity index (χ1n) is 8.66. The molecule has 2 aliphatic rings. The Morgan fingerprint density at radius 2 is 2.04 bits per heavy atom. The molecule has 0 unspecified atom stereocenters. The molecule has 1 saturated carbocycles. The number of fused-ring (bicyclic) bond motifs is 1. The van der Waals surface area contributed by atoms with Crippen LogP contribution in [-0.4, -0.2) is 43.8 Å². The van der Waals surface area contributed by atoms with E-state index in [2.05, 4.69) is 20.4 Å². The van der Waals surface area contributed by atoms with Gasteiger partial charge in [0.05, 0.1) is 11.9 Å². The molecule has 2 fully saturated rings. The number of pyridine rings is 1. The number of carbonyl (C=O) groups excluding carboxylic acids is 1. The molecule has 0 radical (unpaired) electrons. The Bertz CT molecular complexity index is 684. The minimum absolute atomic E-state index is 0.0191. The number of hydrogen-bond donors (Lipinski definition) is 1. The number of urea groups is 1. The molecule has 7 heteroatoms. The van der Waals surface area contributed by atoms with Crippen LogP contribution in [0.4, 0.5) is 10.5 Å². The number of carbonyl (C=O) groups is 1. The molecule has 1 saturated heterocycles. The Hall–Kier alpha value is -2.44. The van der Waals surface area contributed by atoms with E-state index < -0.39 is 0 Å². The van der Waals surface area contributed by atoms with Crippen LogP contribution >= 0.6 is 0 Å². The molecule has 24 heavy (non-hydrogen) atoms. The molecule has 0 aromatic carbocycles. The molecule has 2 aromatic heterocycles. The fourth-order valence-corrected chi connectivity index (χ4v) is 3.91. The van der Waals surface area contributed by atoms with Gasteiger partial charge in [-0.3, -0.25) is 0 Å². The van der Waals surface area contributed by atoms with E-state index >= 15 is 0 Å². The normalized spacial score (nSPS) is 23.6. The first-order valence-corrected chi connectivity index (χ1v) is 8.66. The molecule has 4 rings (SSSR count). The summed E-state index contributed by atoms with van der Waals surface area (Å²) in [5, 5.41) is 7.00. The lowest BCUT2D eigenvalue weighted by Gasteiger charge is -2.41. The molecule has 1 N–H and O–H groups in total. The van der Waals surface area contributed by atoms with Gasteiger partial charge in [0.15, 0.2) is 5.82 Å². The molecule has 1 aliphatic carbocycles. The minimum atomic E-state index is -0.0191. The van der Waals surface area contributed by atoms with Crippen molar-refractivity contribution in [2.45, 2.75) is 32.1 Å². The lowest BCUT2D eigenvalue weighted by atomic mass is 9.75. The van der Waals surface area contributed by atoms with Crippen LogP contribution in [0.3, 0.4) is 0 Å². The number of hydrogen-bond acceptors (Lipinski definition) is 4. The van der Waals surface area contributed by atoms with Gasteiger partial charge in [-0.25, -0.2) is 19.4 Å². The van der Waals surface area contributed by atoms with E-state index in [9.17, 15) is 4.79 Å². The Kier molecular flexibility index (Phi) is 4.15. The third-order valence-corrected chi connectivity index (χ3v) is 5.23. The fourth-order valence-electron chi connectivity index (χ4n) is 3.91. The number of likely N-dealkylation sites (tertiary alicyclic amines) is 1. The molecule has 0 bridgehead atoms. The highest BCUT2D eigenvalue weighted by Gasteiger charge is 2.32. The summed E-state index contributed by atoms with van der Waals surface area (Å²) < 4.78 is 1.58. The van der Waals surface area contributed by atoms with Crippen molar-refractivity contribution in [3.63, 3.8) is 0 Å². The van der Waals surface area contributed by atoms with Gasteiger partial charge >= 0.3 is 6.03 Å². The zero-order chi connectivity index (χ0) is 16.4. The van der Waals surface area contributed by atoms with Gasteiger partial charge in [-0.2, -0.15) is 5.10 Å². The summed E-state index contributed by atoms with van der Waals surface area (Å²) in [6.07, 6.45) is 11.1. The van der Waals surface area contributed by atoms with E-state index in [4.69, 9.17) is 0 Å². The first-order chi connectivity index (χ1) is 11.8. The van der Waals surface area contributed by atoms with Gasteiger partial charge in [-0.15, -0.1) is 0 Å². The topological polar surface area (TPSA) is 75.9 Å². The van der Waals surface area contributed by atoms with Crippen molar-refractivity contribution < 1.29 is 4.79 Å². The Balaban J connectivity index is 1.37. The van der Waals surface area contributed by atoms with Crippen LogP contribution in [0, 0.1) is 11.8 Å². The molecular formula is C17H22N6O. The third kappa shape index (κ3) is 3.11. The zero-order valence-corrected chi connectivity index (χ0v) is 13.6. The van der Waals surface area contributed by atoms with Gasteiger partial charge in [0.2, 0.25) is 0 Å². The van der Waals surface area contributed by atoms with E-state index in [0.717, 1.165) is 25.4 Å². The summed E-state index contributed by atoms with van der Waals surface area (Å²) in [6, 6.07) is 3.64. The molecule has 3 heterocycles. The second kappa shape index (κ2) is 6.59.